The number of hydrogen-bond donors (Lipinski definition) is 0. The van der Waals surface area contributed by atoms with Gasteiger partial charge in [0.25, 0.3) is 5.56 Å². The largest absolute Gasteiger partial charge is 0.377 e. The van der Waals surface area contributed by atoms with Crippen LogP contribution < -0.4 is 11.0 Å². The second kappa shape index (κ2) is 7.44. The summed E-state index contributed by atoms with van der Waals surface area (Å²) >= 11 is 0. The van der Waals surface area contributed by atoms with Crippen LogP contribution in [0.5, 0.6) is 0 Å². The average molecular weight is 391 g/mol. The summed E-state index contributed by atoms with van der Waals surface area (Å²) in [6.45, 7) is 4.18. The maximum Gasteiger partial charge on any atom is 0.271 e. The number of fused-ring (bicyclic) bond motifs is 2. The Morgan fingerprint density at radius 2 is 2.00 bits per heavy atom. The molecule has 1 aliphatic carbocycles. The van der Waals surface area contributed by atoms with E-state index in [0.717, 1.165) is 11.2 Å². The number of aryl methyl sites for hydroxylation is 1. The van der Waals surface area contributed by atoms with Gasteiger partial charge >= 0.3 is 0 Å². The molecule has 4 rings (SSSR count). The van der Waals surface area contributed by atoms with Gasteiger partial charge in [-0.1, -0.05) is 38.1 Å². The summed E-state index contributed by atoms with van der Waals surface area (Å²) < 4.78 is 8.80. The number of allylic oxidation sites excluding steroid dienone is 2. The first-order chi connectivity index (χ1) is 13.9. The van der Waals surface area contributed by atoms with Crippen molar-refractivity contribution < 1.29 is 4.74 Å². The first kappa shape index (κ1) is 19.3. The van der Waals surface area contributed by atoms with E-state index in [-0.39, 0.29) is 22.5 Å². The minimum absolute atomic E-state index is 0.00627. The molecule has 0 spiro atoms. The van der Waals surface area contributed by atoms with Gasteiger partial charge in [-0.2, -0.15) is 0 Å². The molecular formula is C23H25N3O3. The van der Waals surface area contributed by atoms with Crippen LogP contribution >= 0.6 is 0 Å². The molecule has 6 heteroatoms. The maximum absolute atomic E-state index is 13.6. The summed E-state index contributed by atoms with van der Waals surface area (Å²) in [6.07, 6.45) is 7.08. The minimum Gasteiger partial charge on any atom is -0.377 e. The van der Waals surface area contributed by atoms with Gasteiger partial charge in [-0.05, 0) is 30.5 Å². The lowest BCUT2D eigenvalue weighted by Gasteiger charge is -2.20. The summed E-state index contributed by atoms with van der Waals surface area (Å²) in [5.74, 6) is 0.970. The molecule has 0 N–H and O–H groups in total. The fourth-order valence-electron chi connectivity index (χ4n) is 3.90. The molecule has 6 nitrogen and oxygen atoms in total. The van der Waals surface area contributed by atoms with E-state index in [4.69, 9.17) is 9.72 Å². The number of hydrogen-bond acceptors (Lipinski definition) is 4. The summed E-state index contributed by atoms with van der Waals surface area (Å²) in [5.41, 5.74) is 1.35. The van der Waals surface area contributed by atoms with Gasteiger partial charge in [-0.3, -0.25) is 14.2 Å². The van der Waals surface area contributed by atoms with Crippen LogP contribution in [-0.2, 0) is 18.2 Å². The molecule has 3 aromatic rings. The molecule has 0 radical (unpaired) electrons. The normalized spacial score (nSPS) is 16.7. The zero-order chi connectivity index (χ0) is 20.7. The number of para-hydroxylation sites is 1. The Hall–Kier alpha value is -2.99. The number of rotatable bonds is 4. The molecule has 2 heterocycles. The predicted octanol–water partition coefficient (Wildman–Crippen LogP) is 3.26. The molecule has 1 aromatic carbocycles. The fourth-order valence-corrected chi connectivity index (χ4v) is 3.90. The van der Waals surface area contributed by atoms with Gasteiger partial charge in [0, 0.05) is 31.7 Å². The van der Waals surface area contributed by atoms with Crippen LogP contribution in [0.1, 0.15) is 26.1 Å². The van der Waals surface area contributed by atoms with E-state index in [1.807, 2.05) is 48.0 Å². The highest BCUT2D eigenvalue weighted by molar-refractivity contribution is 5.91. The minimum atomic E-state index is -0.316. The van der Waals surface area contributed by atoms with Crippen LogP contribution in [0, 0.1) is 5.92 Å². The van der Waals surface area contributed by atoms with Gasteiger partial charge in [-0.25, -0.2) is 4.98 Å². The third-order valence-electron chi connectivity index (χ3n) is 5.38. The Balaban J connectivity index is 2.09. The number of pyridine rings is 1. The lowest BCUT2D eigenvalue weighted by atomic mass is 10.1. The molecule has 2 aromatic heterocycles. The van der Waals surface area contributed by atoms with E-state index >= 15 is 0 Å². The molecule has 1 aliphatic rings. The Labute approximate surface area is 168 Å². The monoisotopic (exact) mass is 391 g/mol. The number of nitrogens with zero attached hydrogens (tertiary/aromatic N) is 3. The van der Waals surface area contributed by atoms with E-state index in [0.29, 0.717) is 35.6 Å². The van der Waals surface area contributed by atoms with E-state index in [1.165, 1.54) is 0 Å². The summed E-state index contributed by atoms with van der Waals surface area (Å²) in [5, 5.41) is 0.652. The van der Waals surface area contributed by atoms with Gasteiger partial charge in [0.15, 0.2) is 5.65 Å². The highest BCUT2D eigenvalue weighted by Gasteiger charge is 2.21. The van der Waals surface area contributed by atoms with Crippen molar-refractivity contribution in [2.75, 3.05) is 7.11 Å². The van der Waals surface area contributed by atoms with E-state index in [1.54, 1.807) is 17.7 Å². The molecule has 0 bridgehead atoms. The lowest BCUT2D eigenvalue weighted by Crippen LogP contribution is -2.31. The van der Waals surface area contributed by atoms with Crippen molar-refractivity contribution in [3.05, 3.63) is 68.9 Å². The highest BCUT2D eigenvalue weighted by Crippen LogP contribution is 2.21. The Morgan fingerprint density at radius 1 is 1.24 bits per heavy atom. The van der Waals surface area contributed by atoms with E-state index in [9.17, 15) is 9.59 Å². The van der Waals surface area contributed by atoms with Gasteiger partial charge in [-0.15, -0.1) is 0 Å². The van der Waals surface area contributed by atoms with Crippen molar-refractivity contribution in [1.82, 2.24) is 14.1 Å². The van der Waals surface area contributed by atoms with Gasteiger partial charge in [0.1, 0.15) is 11.2 Å². The van der Waals surface area contributed by atoms with Gasteiger partial charge < -0.3 is 9.30 Å². The van der Waals surface area contributed by atoms with Gasteiger partial charge in [0.05, 0.1) is 11.6 Å². The highest BCUT2D eigenvalue weighted by atomic mass is 16.5. The van der Waals surface area contributed by atoms with Crippen molar-refractivity contribution in [3.8, 4) is 0 Å². The molecule has 0 amide bonds. The van der Waals surface area contributed by atoms with Crippen molar-refractivity contribution in [3.63, 3.8) is 0 Å². The Bertz CT molecular complexity index is 1280. The summed E-state index contributed by atoms with van der Waals surface area (Å²) in [4.78, 5) is 31.6. The molecule has 1 unspecified atom stereocenters. The zero-order valence-electron chi connectivity index (χ0n) is 17.2. The van der Waals surface area contributed by atoms with Gasteiger partial charge in [0.2, 0.25) is 5.43 Å². The van der Waals surface area contributed by atoms with E-state index in [2.05, 4.69) is 13.8 Å². The first-order valence-corrected chi connectivity index (χ1v) is 9.87. The standard InChI is InChI=1S/C23H25N3O3/c1-14(2)13-19-24-22-20(21(27)17-7-5-6-8-18(17)25(22)3)23(28)26(19)15-9-11-16(29-4)12-10-15/h5-11,14,16H,12-13H2,1-4H3. The van der Waals surface area contributed by atoms with Crippen LogP contribution in [0.4, 0.5) is 0 Å². The van der Waals surface area contributed by atoms with Crippen molar-refractivity contribution >= 4 is 27.6 Å². The van der Waals surface area contributed by atoms with Crippen molar-refractivity contribution in [2.24, 2.45) is 13.0 Å². The second-order valence-electron chi connectivity index (χ2n) is 7.87. The van der Waals surface area contributed by atoms with Crippen LogP contribution in [0.25, 0.3) is 27.6 Å². The lowest BCUT2D eigenvalue weighted by molar-refractivity contribution is 0.143. The third-order valence-corrected chi connectivity index (χ3v) is 5.38. The first-order valence-electron chi connectivity index (χ1n) is 9.87. The Morgan fingerprint density at radius 3 is 2.66 bits per heavy atom. The fraction of sp³-hybridized carbons (Fsp3) is 0.348. The SMILES string of the molecule is COC1C=CC(n2c(CC(C)C)nc3c(c(=O)c4ccccc4n3C)c2=O)=CC1. The topological polar surface area (TPSA) is 66.1 Å². The van der Waals surface area contributed by atoms with E-state index < -0.39 is 0 Å². The number of benzene rings is 1. The quantitative estimate of drug-likeness (QED) is 0.641. The molecule has 0 fully saturated rings. The summed E-state index contributed by atoms with van der Waals surface area (Å²) in [6, 6.07) is 7.33. The smallest absolute Gasteiger partial charge is 0.271 e. The Kier molecular flexibility index (Phi) is 4.96. The summed E-state index contributed by atoms with van der Waals surface area (Å²) in [7, 11) is 3.51. The molecule has 29 heavy (non-hydrogen) atoms. The molecule has 1 atom stereocenters. The maximum atomic E-state index is 13.6. The predicted molar refractivity (Wildman–Crippen MR) is 116 cm³/mol. The number of ether oxygens (including phenoxy) is 1. The van der Waals surface area contributed by atoms with Crippen LogP contribution in [-0.4, -0.2) is 27.3 Å². The van der Waals surface area contributed by atoms with Crippen LogP contribution in [0.3, 0.4) is 0 Å². The molecule has 0 aliphatic heterocycles. The number of aromatic nitrogens is 3. The molecule has 0 saturated carbocycles. The zero-order valence-corrected chi connectivity index (χ0v) is 17.2. The van der Waals surface area contributed by atoms with Crippen LogP contribution in [0.15, 0.2) is 52.1 Å². The average Bonchev–Trinajstić information content (AvgIpc) is 2.71. The second-order valence-corrected chi connectivity index (χ2v) is 7.87. The van der Waals surface area contributed by atoms with Crippen molar-refractivity contribution in [1.29, 1.82) is 0 Å². The third kappa shape index (κ3) is 3.23. The van der Waals surface area contributed by atoms with Crippen LogP contribution in [0.2, 0.25) is 0 Å². The number of methoxy groups -OCH3 is 1. The van der Waals surface area contributed by atoms with Crippen molar-refractivity contribution in [2.45, 2.75) is 32.8 Å². The molecule has 150 valence electrons. The molecular weight excluding hydrogens is 366 g/mol. The molecule has 0 saturated heterocycles.